The van der Waals surface area contributed by atoms with Gasteiger partial charge in [-0.3, -0.25) is 0 Å². The Morgan fingerprint density at radius 3 is 2.29 bits per heavy atom. The van der Waals surface area contributed by atoms with Crippen LogP contribution in [0.2, 0.25) is 0 Å². The van der Waals surface area contributed by atoms with E-state index in [1.54, 1.807) is 12.1 Å². The van der Waals surface area contributed by atoms with Crippen LogP contribution in [0.5, 0.6) is 0 Å². The van der Waals surface area contributed by atoms with Crippen LogP contribution in [0.4, 0.5) is 5.69 Å². The van der Waals surface area contributed by atoms with Crippen LogP contribution in [0, 0.1) is 23.7 Å². The van der Waals surface area contributed by atoms with Gasteiger partial charge in [0.1, 0.15) is 0 Å². The first kappa shape index (κ1) is 10.2. The van der Waals surface area contributed by atoms with E-state index in [0.29, 0.717) is 5.56 Å². The van der Waals surface area contributed by atoms with E-state index in [9.17, 15) is 0 Å². The zero-order valence-corrected chi connectivity index (χ0v) is 8.33. The molecule has 0 amide bonds. The molecule has 0 aliphatic rings. The van der Waals surface area contributed by atoms with Gasteiger partial charge < -0.3 is 5.32 Å². The van der Waals surface area contributed by atoms with Crippen LogP contribution in [0.15, 0.2) is 24.3 Å². The zero-order valence-electron chi connectivity index (χ0n) is 8.33. The summed E-state index contributed by atoms with van der Waals surface area (Å²) in [6, 6.07) is 9.27. The first-order valence-electron chi connectivity index (χ1n) is 4.33. The Kier molecular flexibility index (Phi) is 2.79. The van der Waals surface area contributed by atoms with Crippen LogP contribution in [0.25, 0.3) is 0 Å². The molecule has 0 saturated heterocycles. The van der Waals surface area contributed by atoms with E-state index < -0.39 is 0 Å². The van der Waals surface area contributed by atoms with Gasteiger partial charge in [-0.05, 0) is 38.1 Å². The summed E-state index contributed by atoms with van der Waals surface area (Å²) in [7, 11) is 0. The minimum atomic E-state index is -0.367. The number of rotatable bonds is 2. The third kappa shape index (κ3) is 2.54. The molecule has 0 aliphatic carbocycles. The molecule has 0 atom stereocenters. The van der Waals surface area contributed by atoms with Gasteiger partial charge >= 0.3 is 0 Å². The lowest BCUT2D eigenvalue weighted by Gasteiger charge is -2.20. The second-order valence-corrected chi connectivity index (χ2v) is 3.58. The van der Waals surface area contributed by atoms with Crippen molar-refractivity contribution in [3.63, 3.8) is 0 Å². The summed E-state index contributed by atoms with van der Waals surface area (Å²) in [5, 5.41) is 11.8. The van der Waals surface area contributed by atoms with E-state index in [1.807, 2.05) is 26.0 Å². The van der Waals surface area contributed by atoms with Crippen LogP contribution in [-0.2, 0) is 0 Å². The fourth-order valence-electron chi connectivity index (χ4n) is 1.03. The second-order valence-electron chi connectivity index (χ2n) is 3.58. The van der Waals surface area contributed by atoms with Crippen molar-refractivity contribution in [2.45, 2.75) is 19.4 Å². The lowest BCUT2D eigenvalue weighted by atomic mass is 10.1. The van der Waals surface area contributed by atoms with E-state index in [0.717, 1.165) is 5.69 Å². The Hall–Kier alpha value is -1.93. The average molecular weight is 184 g/mol. The van der Waals surface area contributed by atoms with Crippen LogP contribution in [0.1, 0.15) is 19.4 Å². The largest absolute Gasteiger partial charge is 0.370 e. The molecule has 0 spiro atoms. The first-order chi connectivity index (χ1) is 6.57. The van der Waals surface area contributed by atoms with Crippen LogP contribution in [0.3, 0.4) is 0 Å². The van der Waals surface area contributed by atoms with Crippen molar-refractivity contribution in [3.8, 4) is 18.4 Å². The summed E-state index contributed by atoms with van der Waals surface area (Å²) in [5.74, 6) is 2.64. The molecule has 0 unspecified atom stereocenters. The molecule has 0 aromatic heterocycles. The first-order valence-corrected chi connectivity index (χ1v) is 4.33. The van der Waals surface area contributed by atoms with Gasteiger partial charge in [-0.15, -0.1) is 6.42 Å². The highest BCUT2D eigenvalue weighted by atomic mass is 14.9. The minimum Gasteiger partial charge on any atom is -0.370 e. The molecule has 0 saturated carbocycles. The van der Waals surface area contributed by atoms with Crippen molar-refractivity contribution in [2.24, 2.45) is 0 Å². The molecule has 2 heteroatoms. The summed E-state index contributed by atoms with van der Waals surface area (Å²) in [4.78, 5) is 0. The summed E-state index contributed by atoms with van der Waals surface area (Å²) in [6.07, 6.45) is 5.35. The molecule has 2 nitrogen and oxygen atoms in total. The van der Waals surface area contributed by atoms with Gasteiger partial charge in [-0.1, -0.05) is 5.92 Å². The van der Waals surface area contributed by atoms with Crippen molar-refractivity contribution in [1.82, 2.24) is 0 Å². The summed E-state index contributed by atoms with van der Waals surface area (Å²) in [6.45, 7) is 3.84. The standard InChI is InChI=1S/C12H12N2/c1-4-12(2,3)14-11-7-5-10(9-13)6-8-11/h1,5-8,14H,2-3H3. The number of nitrogens with zero attached hydrogens (tertiary/aromatic N) is 1. The Morgan fingerprint density at radius 2 is 1.86 bits per heavy atom. The Balaban J connectivity index is 2.81. The number of terminal acetylenes is 1. The third-order valence-corrected chi connectivity index (χ3v) is 1.83. The number of nitriles is 1. The maximum absolute atomic E-state index is 8.60. The van der Waals surface area contributed by atoms with Gasteiger partial charge in [0.25, 0.3) is 0 Å². The molecular weight excluding hydrogens is 172 g/mol. The molecule has 70 valence electrons. The highest BCUT2D eigenvalue weighted by molar-refractivity contribution is 5.50. The summed E-state index contributed by atoms with van der Waals surface area (Å²) < 4.78 is 0. The Bertz CT molecular complexity index is 388. The van der Waals surface area contributed by atoms with Gasteiger partial charge in [-0.25, -0.2) is 0 Å². The molecule has 1 aromatic carbocycles. The smallest absolute Gasteiger partial charge is 0.0991 e. The lowest BCUT2D eigenvalue weighted by Crippen LogP contribution is -2.28. The SMILES string of the molecule is C#CC(C)(C)Nc1ccc(C#N)cc1. The molecule has 1 aromatic rings. The lowest BCUT2D eigenvalue weighted by molar-refractivity contribution is 0.742. The molecule has 0 fully saturated rings. The summed E-state index contributed by atoms with van der Waals surface area (Å²) in [5.41, 5.74) is 1.20. The van der Waals surface area contributed by atoms with Gasteiger partial charge in [0.2, 0.25) is 0 Å². The van der Waals surface area contributed by atoms with E-state index in [1.165, 1.54) is 0 Å². The maximum atomic E-state index is 8.60. The summed E-state index contributed by atoms with van der Waals surface area (Å²) >= 11 is 0. The van der Waals surface area contributed by atoms with Crippen LogP contribution in [-0.4, -0.2) is 5.54 Å². The molecule has 1 N–H and O–H groups in total. The Labute approximate surface area is 84.6 Å². The highest BCUT2D eigenvalue weighted by Gasteiger charge is 2.12. The molecular formula is C12H12N2. The monoisotopic (exact) mass is 184 g/mol. The van der Waals surface area contributed by atoms with Gasteiger partial charge in [-0.2, -0.15) is 5.26 Å². The number of anilines is 1. The normalized spacial score (nSPS) is 10.0. The fraction of sp³-hybridized carbons (Fsp3) is 0.250. The maximum Gasteiger partial charge on any atom is 0.0991 e. The molecule has 1 rings (SSSR count). The van der Waals surface area contributed by atoms with Crippen molar-refractivity contribution >= 4 is 5.69 Å². The van der Waals surface area contributed by atoms with E-state index in [-0.39, 0.29) is 5.54 Å². The molecule has 0 aliphatic heterocycles. The Morgan fingerprint density at radius 1 is 1.29 bits per heavy atom. The van der Waals surface area contributed by atoms with Gasteiger partial charge in [0.05, 0.1) is 17.2 Å². The topological polar surface area (TPSA) is 35.8 Å². The van der Waals surface area contributed by atoms with Crippen molar-refractivity contribution in [3.05, 3.63) is 29.8 Å². The van der Waals surface area contributed by atoms with Crippen molar-refractivity contribution < 1.29 is 0 Å². The fourth-order valence-corrected chi connectivity index (χ4v) is 1.03. The predicted molar refractivity (Wildman–Crippen MR) is 57.7 cm³/mol. The quantitative estimate of drug-likeness (QED) is 0.716. The average Bonchev–Trinajstić information content (AvgIpc) is 2.19. The third-order valence-electron chi connectivity index (χ3n) is 1.83. The second kappa shape index (κ2) is 3.85. The van der Waals surface area contributed by atoms with Crippen LogP contribution >= 0.6 is 0 Å². The number of benzene rings is 1. The molecule has 0 bridgehead atoms. The molecule has 0 radical (unpaired) electrons. The van der Waals surface area contributed by atoms with E-state index >= 15 is 0 Å². The highest BCUT2D eigenvalue weighted by Crippen LogP contribution is 2.14. The van der Waals surface area contributed by atoms with E-state index in [4.69, 9.17) is 11.7 Å². The van der Waals surface area contributed by atoms with Gasteiger partial charge in [0, 0.05) is 5.69 Å². The molecule has 0 heterocycles. The zero-order chi connectivity index (χ0) is 10.6. The van der Waals surface area contributed by atoms with Crippen molar-refractivity contribution in [1.29, 1.82) is 5.26 Å². The van der Waals surface area contributed by atoms with Gasteiger partial charge in [0.15, 0.2) is 0 Å². The number of hydrogen-bond donors (Lipinski definition) is 1. The van der Waals surface area contributed by atoms with Crippen molar-refractivity contribution in [2.75, 3.05) is 5.32 Å². The molecule has 14 heavy (non-hydrogen) atoms. The van der Waals surface area contributed by atoms with Crippen LogP contribution < -0.4 is 5.32 Å². The number of hydrogen-bond acceptors (Lipinski definition) is 2. The number of nitrogens with one attached hydrogen (secondary N) is 1. The predicted octanol–water partition coefficient (Wildman–Crippen LogP) is 2.38. The van der Waals surface area contributed by atoms with E-state index in [2.05, 4.69) is 17.3 Å². The minimum absolute atomic E-state index is 0.367.